The summed E-state index contributed by atoms with van der Waals surface area (Å²) in [5.74, 6) is 1.59. The predicted molar refractivity (Wildman–Crippen MR) is 109 cm³/mol. The van der Waals surface area contributed by atoms with Crippen molar-refractivity contribution in [2.24, 2.45) is 5.92 Å². The first-order valence-corrected chi connectivity index (χ1v) is 9.65. The van der Waals surface area contributed by atoms with Crippen LogP contribution in [0.3, 0.4) is 0 Å². The lowest BCUT2D eigenvalue weighted by Gasteiger charge is -2.32. The Bertz CT molecular complexity index is 757. The predicted octanol–water partition coefficient (Wildman–Crippen LogP) is 5.98. The number of benzene rings is 2. The molecule has 0 radical (unpaired) electrons. The van der Waals surface area contributed by atoms with Gasteiger partial charge in [0.05, 0.1) is 10.0 Å². The molecule has 0 atom stereocenters. The minimum Gasteiger partial charge on any atom is -0.489 e. The summed E-state index contributed by atoms with van der Waals surface area (Å²) in [6, 6.07) is 13.5. The second kappa shape index (κ2) is 8.39. The maximum Gasteiger partial charge on any atom is 0.120 e. The number of likely N-dealkylation sites (tertiary alicyclic amines) is 1. The molecule has 1 aliphatic heterocycles. The first-order valence-electron chi connectivity index (χ1n) is 8.49. The average molecular weight is 394 g/mol. The fourth-order valence-electron chi connectivity index (χ4n) is 2.91. The zero-order valence-corrected chi connectivity index (χ0v) is 16.5. The van der Waals surface area contributed by atoms with Crippen molar-refractivity contribution >= 4 is 40.4 Å². The van der Waals surface area contributed by atoms with E-state index < -0.39 is 0 Å². The molecule has 1 aliphatic rings. The van der Waals surface area contributed by atoms with Gasteiger partial charge in [0.1, 0.15) is 17.3 Å². The topological polar surface area (TPSA) is 12.5 Å². The lowest BCUT2D eigenvalue weighted by atomic mass is 9.99. The Balaban J connectivity index is 1.64. The zero-order chi connectivity index (χ0) is 17.8. The normalized spacial score (nSPS) is 15.2. The fourth-order valence-corrected chi connectivity index (χ4v) is 3.54. The van der Waals surface area contributed by atoms with E-state index in [1.807, 2.05) is 36.4 Å². The van der Waals surface area contributed by atoms with Crippen LogP contribution in [-0.2, 0) is 6.61 Å². The van der Waals surface area contributed by atoms with Gasteiger partial charge in [0.25, 0.3) is 0 Å². The lowest BCUT2D eigenvalue weighted by molar-refractivity contribution is 0.284. The second-order valence-electron chi connectivity index (χ2n) is 6.54. The van der Waals surface area contributed by atoms with E-state index in [2.05, 4.69) is 11.8 Å². The Labute approximate surface area is 164 Å². The van der Waals surface area contributed by atoms with Crippen LogP contribution >= 0.6 is 35.4 Å². The van der Waals surface area contributed by atoms with Gasteiger partial charge in [-0.05, 0) is 48.6 Å². The smallest absolute Gasteiger partial charge is 0.120 e. The van der Waals surface area contributed by atoms with E-state index in [0.717, 1.165) is 40.9 Å². The molecule has 0 saturated carbocycles. The summed E-state index contributed by atoms with van der Waals surface area (Å²) < 4.78 is 5.90. The first-order chi connectivity index (χ1) is 12.0. The van der Waals surface area contributed by atoms with Gasteiger partial charge in [-0.1, -0.05) is 60.5 Å². The molecule has 2 nitrogen and oxygen atoms in total. The lowest BCUT2D eigenvalue weighted by Crippen LogP contribution is -2.37. The van der Waals surface area contributed by atoms with Crippen molar-refractivity contribution in [3.63, 3.8) is 0 Å². The van der Waals surface area contributed by atoms with E-state index in [1.165, 1.54) is 12.8 Å². The van der Waals surface area contributed by atoms with E-state index in [0.29, 0.717) is 16.7 Å². The van der Waals surface area contributed by atoms with Crippen molar-refractivity contribution in [3.05, 3.63) is 63.6 Å². The molecule has 0 unspecified atom stereocenters. The van der Waals surface area contributed by atoms with Crippen molar-refractivity contribution < 1.29 is 4.74 Å². The van der Waals surface area contributed by atoms with Crippen LogP contribution in [-0.4, -0.2) is 23.0 Å². The molecule has 0 amide bonds. The van der Waals surface area contributed by atoms with Gasteiger partial charge in [0.2, 0.25) is 0 Å². The summed E-state index contributed by atoms with van der Waals surface area (Å²) in [5, 5.41) is 1.09. The van der Waals surface area contributed by atoms with Crippen LogP contribution in [0, 0.1) is 5.92 Å². The molecule has 0 aromatic heterocycles. The molecule has 132 valence electrons. The van der Waals surface area contributed by atoms with Gasteiger partial charge in [-0.3, -0.25) is 0 Å². The van der Waals surface area contributed by atoms with Gasteiger partial charge in [-0.2, -0.15) is 0 Å². The largest absolute Gasteiger partial charge is 0.489 e. The number of thiocarbonyl (C=S) groups is 1. The Morgan fingerprint density at radius 3 is 2.60 bits per heavy atom. The molecular weight excluding hydrogens is 373 g/mol. The maximum atomic E-state index is 6.05. The summed E-state index contributed by atoms with van der Waals surface area (Å²) in [7, 11) is 0. The summed E-state index contributed by atoms with van der Waals surface area (Å²) >= 11 is 17.7. The van der Waals surface area contributed by atoms with Gasteiger partial charge in [-0.25, -0.2) is 0 Å². The minimum atomic E-state index is 0.439. The molecule has 1 saturated heterocycles. The first kappa shape index (κ1) is 18.5. The fraction of sp³-hybridized carbons (Fsp3) is 0.350. The number of rotatable bonds is 4. The van der Waals surface area contributed by atoms with E-state index >= 15 is 0 Å². The number of hydrogen-bond donors (Lipinski definition) is 0. The highest BCUT2D eigenvalue weighted by atomic mass is 35.5. The number of ether oxygens (including phenoxy) is 1. The van der Waals surface area contributed by atoms with Crippen molar-refractivity contribution in [1.29, 1.82) is 0 Å². The highest BCUT2D eigenvalue weighted by Gasteiger charge is 2.19. The van der Waals surface area contributed by atoms with Crippen LogP contribution in [0.25, 0.3) is 0 Å². The van der Waals surface area contributed by atoms with E-state index in [1.54, 1.807) is 6.07 Å². The van der Waals surface area contributed by atoms with Crippen LogP contribution < -0.4 is 4.74 Å². The van der Waals surface area contributed by atoms with E-state index in [9.17, 15) is 0 Å². The molecule has 2 aromatic rings. The minimum absolute atomic E-state index is 0.439. The van der Waals surface area contributed by atoms with Crippen LogP contribution in [0.1, 0.15) is 30.9 Å². The SMILES string of the molecule is CC1CCN(C(=S)c2cccc(OCc3ccc(Cl)c(Cl)c3)c2)CC1. The summed E-state index contributed by atoms with van der Waals surface area (Å²) in [6.07, 6.45) is 2.40. The number of nitrogens with zero attached hydrogens (tertiary/aromatic N) is 1. The van der Waals surface area contributed by atoms with Crippen LogP contribution in [0.5, 0.6) is 5.75 Å². The number of piperidine rings is 1. The van der Waals surface area contributed by atoms with E-state index in [-0.39, 0.29) is 0 Å². The van der Waals surface area contributed by atoms with Gasteiger partial charge >= 0.3 is 0 Å². The summed E-state index contributed by atoms with van der Waals surface area (Å²) in [5.41, 5.74) is 2.02. The highest BCUT2D eigenvalue weighted by Crippen LogP contribution is 2.24. The Kier molecular flexibility index (Phi) is 6.21. The molecule has 0 aliphatic carbocycles. The zero-order valence-electron chi connectivity index (χ0n) is 14.2. The molecule has 3 rings (SSSR count). The molecule has 25 heavy (non-hydrogen) atoms. The molecule has 0 spiro atoms. The third-order valence-corrected chi connectivity index (χ3v) is 5.77. The number of halogens is 2. The van der Waals surface area contributed by atoms with Gasteiger partial charge in [-0.15, -0.1) is 0 Å². The molecule has 0 bridgehead atoms. The second-order valence-corrected chi connectivity index (χ2v) is 7.74. The highest BCUT2D eigenvalue weighted by molar-refractivity contribution is 7.80. The van der Waals surface area contributed by atoms with Crippen LogP contribution in [0.15, 0.2) is 42.5 Å². The van der Waals surface area contributed by atoms with Gasteiger partial charge < -0.3 is 9.64 Å². The molecular formula is C20H21Cl2NOS. The third kappa shape index (κ3) is 4.87. The number of hydrogen-bond acceptors (Lipinski definition) is 2. The van der Waals surface area contributed by atoms with Crippen LogP contribution in [0.4, 0.5) is 0 Å². The monoisotopic (exact) mass is 393 g/mol. The average Bonchev–Trinajstić information content (AvgIpc) is 2.63. The molecule has 1 heterocycles. The van der Waals surface area contributed by atoms with Crippen molar-refractivity contribution in [1.82, 2.24) is 4.90 Å². The van der Waals surface area contributed by atoms with Gasteiger partial charge in [0, 0.05) is 18.7 Å². The molecule has 2 aromatic carbocycles. The maximum absolute atomic E-state index is 6.05. The van der Waals surface area contributed by atoms with E-state index in [4.69, 9.17) is 40.2 Å². The standard InChI is InChI=1S/C20H21Cl2NOS/c1-14-7-9-23(10-8-14)20(25)16-3-2-4-17(12-16)24-13-15-5-6-18(21)19(22)11-15/h2-6,11-12,14H,7-10,13H2,1H3. The molecule has 1 fully saturated rings. The Hall–Kier alpha value is -1.29. The third-order valence-electron chi connectivity index (χ3n) is 4.54. The summed E-state index contributed by atoms with van der Waals surface area (Å²) in [6.45, 7) is 4.81. The quantitative estimate of drug-likeness (QED) is 0.592. The van der Waals surface area contributed by atoms with Gasteiger partial charge in [0.15, 0.2) is 0 Å². The molecule has 0 N–H and O–H groups in total. The van der Waals surface area contributed by atoms with Crippen molar-refractivity contribution in [2.45, 2.75) is 26.4 Å². The summed E-state index contributed by atoms with van der Waals surface area (Å²) in [4.78, 5) is 3.21. The van der Waals surface area contributed by atoms with Crippen LogP contribution in [0.2, 0.25) is 10.0 Å². The Morgan fingerprint density at radius 2 is 1.88 bits per heavy atom. The van der Waals surface area contributed by atoms with Crippen molar-refractivity contribution in [3.8, 4) is 5.75 Å². The Morgan fingerprint density at radius 1 is 1.12 bits per heavy atom. The van der Waals surface area contributed by atoms with Crippen molar-refractivity contribution in [2.75, 3.05) is 13.1 Å². The molecule has 5 heteroatoms.